The highest BCUT2D eigenvalue weighted by molar-refractivity contribution is 9.10. The van der Waals surface area contributed by atoms with Gasteiger partial charge in [0.2, 0.25) is 0 Å². The number of ether oxygens (including phenoxy) is 1. The van der Waals surface area contributed by atoms with Crippen LogP contribution >= 0.6 is 31.9 Å². The fourth-order valence-corrected chi connectivity index (χ4v) is 3.10. The van der Waals surface area contributed by atoms with Crippen molar-refractivity contribution in [1.82, 2.24) is 5.32 Å². The first-order valence-electron chi connectivity index (χ1n) is 6.29. The van der Waals surface area contributed by atoms with E-state index in [9.17, 15) is 4.79 Å². The Morgan fingerprint density at radius 1 is 1.42 bits per heavy atom. The van der Waals surface area contributed by atoms with Crippen LogP contribution in [-0.2, 0) is 4.74 Å². The van der Waals surface area contributed by atoms with E-state index in [1.807, 2.05) is 25.1 Å². The SMILES string of the molecule is Cc1cc(C(=O)NC2(CBr)CCOCC2)ccc1Br. The minimum absolute atomic E-state index is 0.0167. The number of aryl methyl sites for hydroxylation is 1. The fraction of sp³-hybridized carbons (Fsp3) is 0.500. The van der Waals surface area contributed by atoms with E-state index in [0.717, 1.165) is 28.2 Å². The summed E-state index contributed by atoms with van der Waals surface area (Å²) in [6, 6.07) is 5.66. The predicted octanol–water partition coefficient (Wildman–Crippen LogP) is 3.43. The molecule has 1 aromatic rings. The number of alkyl halides is 1. The molecule has 2 rings (SSSR count). The van der Waals surface area contributed by atoms with E-state index in [-0.39, 0.29) is 11.4 Å². The van der Waals surface area contributed by atoms with E-state index >= 15 is 0 Å². The van der Waals surface area contributed by atoms with Gasteiger partial charge in [-0.3, -0.25) is 4.79 Å². The third kappa shape index (κ3) is 3.58. The lowest BCUT2D eigenvalue weighted by Crippen LogP contribution is -2.53. The van der Waals surface area contributed by atoms with Crippen LogP contribution in [0, 0.1) is 6.92 Å². The molecule has 0 saturated carbocycles. The van der Waals surface area contributed by atoms with Gasteiger partial charge in [-0.2, -0.15) is 0 Å². The highest BCUT2D eigenvalue weighted by atomic mass is 79.9. The van der Waals surface area contributed by atoms with Crippen molar-refractivity contribution in [3.8, 4) is 0 Å². The van der Waals surface area contributed by atoms with Gasteiger partial charge in [0.1, 0.15) is 0 Å². The van der Waals surface area contributed by atoms with Gasteiger partial charge in [0.15, 0.2) is 0 Å². The van der Waals surface area contributed by atoms with Gasteiger partial charge in [0.05, 0.1) is 5.54 Å². The highest BCUT2D eigenvalue weighted by Crippen LogP contribution is 2.24. The van der Waals surface area contributed by atoms with Crippen LogP contribution in [0.4, 0.5) is 0 Å². The molecule has 1 N–H and O–H groups in total. The third-order valence-electron chi connectivity index (χ3n) is 3.50. The number of carbonyl (C=O) groups is 1. The zero-order valence-corrected chi connectivity index (χ0v) is 14.0. The number of hydrogen-bond donors (Lipinski definition) is 1. The number of nitrogens with one attached hydrogen (secondary N) is 1. The first-order valence-corrected chi connectivity index (χ1v) is 8.20. The Hall–Kier alpha value is -0.390. The number of carbonyl (C=O) groups excluding carboxylic acids is 1. The van der Waals surface area contributed by atoms with E-state index in [1.165, 1.54) is 0 Å². The summed E-state index contributed by atoms with van der Waals surface area (Å²) in [6.07, 6.45) is 1.69. The minimum atomic E-state index is -0.184. The summed E-state index contributed by atoms with van der Waals surface area (Å²) in [6.45, 7) is 3.38. The molecule has 0 aromatic heterocycles. The molecule has 104 valence electrons. The number of halogens is 2. The number of benzene rings is 1. The van der Waals surface area contributed by atoms with Crippen molar-refractivity contribution in [2.75, 3.05) is 18.5 Å². The standard InChI is InChI=1S/C14H17Br2NO2/c1-10-8-11(2-3-12(10)16)13(18)17-14(9-15)4-6-19-7-5-14/h2-3,8H,4-7,9H2,1H3,(H,17,18). The van der Waals surface area contributed by atoms with Gasteiger partial charge in [-0.1, -0.05) is 31.9 Å². The number of amides is 1. The maximum Gasteiger partial charge on any atom is 0.251 e. The van der Waals surface area contributed by atoms with Gasteiger partial charge in [0, 0.05) is 28.6 Å². The normalized spacial score (nSPS) is 18.1. The molecule has 0 bridgehead atoms. The molecular weight excluding hydrogens is 374 g/mol. The molecule has 1 saturated heterocycles. The first-order chi connectivity index (χ1) is 9.06. The monoisotopic (exact) mass is 389 g/mol. The smallest absolute Gasteiger partial charge is 0.251 e. The number of hydrogen-bond acceptors (Lipinski definition) is 2. The Labute approximate surface area is 130 Å². The van der Waals surface area contributed by atoms with Crippen LogP contribution in [-0.4, -0.2) is 30.0 Å². The third-order valence-corrected chi connectivity index (χ3v) is 5.47. The quantitative estimate of drug-likeness (QED) is 0.803. The Kier molecular flexibility index (Phi) is 5.03. The van der Waals surface area contributed by atoms with Crippen molar-refractivity contribution in [3.63, 3.8) is 0 Å². The lowest BCUT2D eigenvalue weighted by molar-refractivity contribution is 0.0442. The summed E-state index contributed by atoms with van der Waals surface area (Å²) in [7, 11) is 0. The average Bonchev–Trinajstić information content (AvgIpc) is 2.43. The summed E-state index contributed by atoms with van der Waals surface area (Å²) in [4.78, 5) is 12.4. The van der Waals surface area contributed by atoms with Crippen molar-refractivity contribution < 1.29 is 9.53 Å². The second kappa shape index (κ2) is 6.37. The van der Waals surface area contributed by atoms with Gasteiger partial charge >= 0.3 is 0 Å². The van der Waals surface area contributed by atoms with E-state index in [2.05, 4.69) is 37.2 Å². The zero-order chi connectivity index (χ0) is 13.9. The van der Waals surface area contributed by atoms with Crippen LogP contribution in [0.15, 0.2) is 22.7 Å². The average molecular weight is 391 g/mol. The molecule has 1 aliphatic heterocycles. The fourth-order valence-electron chi connectivity index (χ4n) is 2.15. The van der Waals surface area contributed by atoms with Crippen LogP contribution < -0.4 is 5.32 Å². The topological polar surface area (TPSA) is 38.3 Å². The lowest BCUT2D eigenvalue weighted by atomic mass is 9.92. The van der Waals surface area contributed by atoms with Crippen molar-refractivity contribution in [3.05, 3.63) is 33.8 Å². The Morgan fingerprint density at radius 2 is 2.11 bits per heavy atom. The Balaban J connectivity index is 2.12. The van der Waals surface area contributed by atoms with Gasteiger partial charge in [-0.15, -0.1) is 0 Å². The molecule has 0 spiro atoms. The van der Waals surface area contributed by atoms with Crippen LogP contribution in [0.25, 0.3) is 0 Å². The molecule has 0 aliphatic carbocycles. The van der Waals surface area contributed by atoms with Crippen LogP contribution in [0.5, 0.6) is 0 Å². The van der Waals surface area contributed by atoms with Crippen LogP contribution in [0.2, 0.25) is 0 Å². The molecule has 5 heteroatoms. The molecule has 1 amide bonds. The van der Waals surface area contributed by atoms with E-state index in [0.29, 0.717) is 18.8 Å². The summed E-state index contributed by atoms with van der Waals surface area (Å²) >= 11 is 6.96. The van der Waals surface area contributed by atoms with E-state index in [1.54, 1.807) is 0 Å². The maximum absolute atomic E-state index is 12.4. The Morgan fingerprint density at radius 3 is 2.68 bits per heavy atom. The van der Waals surface area contributed by atoms with Crippen molar-refractivity contribution in [2.45, 2.75) is 25.3 Å². The Bertz CT molecular complexity index is 471. The molecule has 0 atom stereocenters. The molecule has 1 heterocycles. The first kappa shape index (κ1) is 15.0. The summed E-state index contributed by atoms with van der Waals surface area (Å²) in [5.74, 6) is -0.0167. The second-order valence-electron chi connectivity index (χ2n) is 4.94. The maximum atomic E-state index is 12.4. The summed E-state index contributed by atoms with van der Waals surface area (Å²) in [5, 5.41) is 3.92. The van der Waals surface area contributed by atoms with Gasteiger partial charge in [-0.05, 0) is 43.5 Å². The van der Waals surface area contributed by atoms with Gasteiger partial charge in [0.25, 0.3) is 5.91 Å². The molecule has 1 aliphatic rings. The lowest BCUT2D eigenvalue weighted by Gasteiger charge is -2.36. The van der Waals surface area contributed by atoms with Crippen molar-refractivity contribution >= 4 is 37.8 Å². The molecule has 1 fully saturated rings. The molecule has 0 radical (unpaired) electrons. The number of rotatable bonds is 3. The van der Waals surface area contributed by atoms with Gasteiger partial charge in [-0.25, -0.2) is 0 Å². The molecule has 1 aromatic carbocycles. The van der Waals surface area contributed by atoms with Gasteiger partial charge < -0.3 is 10.1 Å². The largest absolute Gasteiger partial charge is 0.381 e. The van der Waals surface area contributed by atoms with E-state index < -0.39 is 0 Å². The molecule has 3 nitrogen and oxygen atoms in total. The predicted molar refractivity (Wildman–Crippen MR) is 82.9 cm³/mol. The molecule has 19 heavy (non-hydrogen) atoms. The summed E-state index contributed by atoms with van der Waals surface area (Å²) < 4.78 is 6.39. The van der Waals surface area contributed by atoms with Crippen LogP contribution in [0.3, 0.4) is 0 Å². The van der Waals surface area contributed by atoms with Crippen molar-refractivity contribution in [1.29, 1.82) is 0 Å². The zero-order valence-electron chi connectivity index (χ0n) is 10.8. The second-order valence-corrected chi connectivity index (χ2v) is 6.36. The highest BCUT2D eigenvalue weighted by Gasteiger charge is 2.33. The molecular formula is C14H17Br2NO2. The van der Waals surface area contributed by atoms with Crippen molar-refractivity contribution in [2.24, 2.45) is 0 Å². The van der Waals surface area contributed by atoms with Crippen LogP contribution in [0.1, 0.15) is 28.8 Å². The minimum Gasteiger partial charge on any atom is -0.381 e. The van der Waals surface area contributed by atoms with E-state index in [4.69, 9.17) is 4.74 Å². The molecule has 0 unspecified atom stereocenters. The summed E-state index contributed by atoms with van der Waals surface area (Å²) in [5.41, 5.74) is 1.58.